The smallest absolute Gasteiger partial charge is 0.267 e. The van der Waals surface area contributed by atoms with Gasteiger partial charge in [-0.3, -0.25) is 24.0 Å². The lowest BCUT2D eigenvalue weighted by molar-refractivity contribution is -0.128. The molecule has 136 heavy (non-hydrogen) atoms. The maximum absolute atomic E-state index is 13.3. The Morgan fingerprint density at radius 1 is 0.360 bits per heavy atom. The van der Waals surface area contributed by atoms with Crippen molar-refractivity contribution in [3.05, 3.63) is 58.2 Å². The maximum Gasteiger partial charge on any atom is 0.267 e. The summed E-state index contributed by atoms with van der Waals surface area (Å²) in [6, 6.07) is 0. The molecule has 21 aliphatic carbocycles. The van der Waals surface area contributed by atoms with Gasteiger partial charge in [0.2, 0.25) is 0 Å². The van der Waals surface area contributed by atoms with E-state index in [1.54, 1.807) is 65.9 Å². The van der Waals surface area contributed by atoms with Gasteiger partial charge in [0.1, 0.15) is 52.4 Å². The van der Waals surface area contributed by atoms with Crippen molar-refractivity contribution < 1.29 is 67.4 Å². The zero-order valence-electron chi connectivity index (χ0n) is 84.4. The molecule has 0 amide bonds. The van der Waals surface area contributed by atoms with Crippen LogP contribution in [0.2, 0.25) is 0 Å². The average molecular weight is 1990 g/mol. The van der Waals surface area contributed by atoms with E-state index in [0.717, 1.165) is 182 Å². The second-order valence-corrected chi connectivity index (χ2v) is 54.5. The van der Waals surface area contributed by atoms with E-state index >= 15 is 0 Å². The van der Waals surface area contributed by atoms with Gasteiger partial charge < -0.3 is 30.3 Å². The van der Waals surface area contributed by atoms with Crippen LogP contribution >= 0.6 is 70.4 Å². The summed E-state index contributed by atoms with van der Waals surface area (Å²) in [5.41, 5.74) is 2.52. The molecule has 756 valence electrons. The van der Waals surface area contributed by atoms with Crippen LogP contribution in [-0.2, 0) is 28.7 Å². The number of aliphatic hydroxyl groups is 5. The van der Waals surface area contributed by atoms with Crippen molar-refractivity contribution in [2.24, 2.45) is 181 Å². The molecule has 0 heterocycles. The molecular weight excluding hydrogens is 1820 g/mol. The SMILES string of the molecule is COC[C@]1(O)CC[C@H]2C(=CC[C@@H]3[C@@H]2CC[C@]2(C)[C@@H](C(=O)CSC)CC[C@@H]32)C1.CSCC(=O)[C@H]1CC[C@H]2[C@@H]3CC=C4C[C@](O)(C#CC5CC5)CC[C@@H]4[C@H]3CC[C@]12C.CSCC(=O)[C@H]1CC[C@H]2[C@@H]3CC=C4C[C@](O)(C#CCl)CC[C@@H]4[C@H]3CC[C@]12C.CSCC(=O)[C@H]1CC[C@H]2[C@@H]3CC=C4C[C@](O)(C(F)F)CC[C@@H]4[C@H]3CC[C@]12C.CSCC(=O)[C@H]1CC[C@H]2[C@@H]3CC=C4C[C@](O)(CF)CC[C@@H]4[C@H]3CC[C@]12C. The van der Waals surface area contributed by atoms with Crippen LogP contribution in [0.1, 0.15) is 304 Å². The topological polar surface area (TPSA) is 196 Å². The van der Waals surface area contributed by atoms with Crippen molar-refractivity contribution in [1.82, 2.24) is 0 Å². The molecule has 0 radical (unpaired) electrons. The Morgan fingerprint density at radius 3 is 0.912 bits per heavy atom. The fraction of sp³-hybridized carbons (Fsp3) is 0.836. The number of fused-ring (bicyclic) bond motifs is 25. The Morgan fingerprint density at radius 2 is 0.632 bits per heavy atom. The predicted octanol–water partition coefficient (Wildman–Crippen LogP) is 24.7. The first-order valence-electron chi connectivity index (χ1n) is 54.1. The molecule has 0 aromatic rings. The lowest BCUT2D eigenvalue weighted by atomic mass is 9.51. The van der Waals surface area contributed by atoms with Crippen LogP contribution in [0.4, 0.5) is 13.2 Å². The van der Waals surface area contributed by atoms with Crippen LogP contribution in [0, 0.1) is 204 Å². The van der Waals surface area contributed by atoms with E-state index in [-0.39, 0.29) is 57.7 Å². The van der Waals surface area contributed by atoms with E-state index in [1.165, 1.54) is 112 Å². The van der Waals surface area contributed by atoms with Crippen LogP contribution in [0.15, 0.2) is 58.2 Å². The van der Waals surface area contributed by atoms with E-state index in [0.29, 0.717) is 191 Å². The number of allylic oxidation sites excluding steroid dienone is 5. The molecule has 0 aromatic carbocycles. The second-order valence-electron chi connectivity index (χ2n) is 50.0. The van der Waals surface area contributed by atoms with Crippen LogP contribution in [0.3, 0.4) is 0 Å². The first-order valence-corrected chi connectivity index (χ1v) is 61.5. The van der Waals surface area contributed by atoms with Gasteiger partial charge in [-0.1, -0.05) is 111 Å². The molecule has 21 rings (SSSR count). The third kappa shape index (κ3) is 20.2. The number of alkyl halides is 3. The number of halogens is 4. The van der Waals surface area contributed by atoms with E-state index in [9.17, 15) is 62.7 Å². The van der Waals surface area contributed by atoms with Crippen molar-refractivity contribution in [3.63, 3.8) is 0 Å². The molecule has 0 unspecified atom stereocenters. The fourth-order valence-corrected chi connectivity index (χ4v) is 39.6. The van der Waals surface area contributed by atoms with Crippen LogP contribution < -0.4 is 0 Å². The minimum absolute atomic E-state index is 0.123. The zero-order valence-corrected chi connectivity index (χ0v) is 89.2. The summed E-state index contributed by atoms with van der Waals surface area (Å²) in [5, 5.41) is 55.7. The van der Waals surface area contributed by atoms with Crippen molar-refractivity contribution in [2.75, 3.05) is 80.4 Å². The zero-order chi connectivity index (χ0) is 96.6. The number of ether oxygens (including phenoxy) is 1. The number of hydrogen-bond acceptors (Lipinski definition) is 16. The number of ketones is 5. The number of thioether (sulfide) groups is 5. The maximum atomic E-state index is 13.3. The van der Waals surface area contributed by atoms with Crippen LogP contribution in [0.25, 0.3) is 0 Å². The van der Waals surface area contributed by atoms with E-state index < -0.39 is 41.1 Å². The molecule has 0 aliphatic heterocycles. The van der Waals surface area contributed by atoms with Crippen molar-refractivity contribution in [2.45, 2.75) is 339 Å². The van der Waals surface area contributed by atoms with Gasteiger partial charge in [0, 0.05) is 67.3 Å². The fourth-order valence-electron chi connectivity index (χ4n) is 36.9. The summed E-state index contributed by atoms with van der Waals surface area (Å²) in [7, 11) is 1.69. The standard InChI is InChI=1S/C26H36O2S.C23H31ClO2S.C23H36O3S.C22H32F2O2S.C22H33FO2S/c1-25-12-10-20-19-11-14-26(28,13-9-17-3-4-17)15-18(19)5-6-21(20)22(25)7-8-23(25)24(27)16-29-2;1-22-9-7-17-16-8-10-23(26,11-12-24)13-15(16)3-4-18(17)19(22)5-6-20(22)21(25)14-27-2;1-22-10-8-17-16-9-11-23(25,14-26-2)12-15(16)4-5-18(17)19(22)6-7-20(22)21(24)13-27-3;1-21-9-7-15-14-8-10-22(26,20(23)24)11-13(14)3-4-16(15)17(21)5-6-18(21)19(25)12-27-2;1-21-9-7-16-15-8-10-22(25,13-23)11-14(15)3-4-17(16)18(21)5-6-19(21)20(24)12-26-2/h5,17,19-23,28H,3-4,6-8,10-12,14-16H2,1-2H3;3,16-20,26H,4-10,13-14H2,1-2H3;4,16-20,25H,5-14H2,1-3H3;3,14-18,20,26H,4-12H2,1-2H3;3,15-19,25H,4-13H2,1-2H3/t19-,20+,21+,22-,23+,25-,26-;16-,17+,18+,19-,20+,22-,23+;16-,17+,18+,19-,20+,22-,23-;14-,15+,16+,17-,18+,21-,22-;15-,16+,17+,18-,19+,21-,22-/m00000/s1. The monoisotopic (exact) mass is 1990 g/mol. The molecule has 16 saturated carbocycles. The number of Topliss-reactive ketones (excluding diaryl/α,β-unsaturated/α-hetero) is 5. The Bertz CT molecular complexity index is 4660. The molecule has 21 aliphatic rings. The minimum Gasteiger partial charge on any atom is -0.387 e. The quantitative estimate of drug-likeness (QED) is 0.0605. The lowest BCUT2D eigenvalue weighted by Crippen LogP contribution is -2.50. The predicted molar refractivity (Wildman–Crippen MR) is 553 cm³/mol. The Kier molecular flexibility index (Phi) is 32.9. The average Bonchev–Trinajstić information content (AvgIpc) is 1.66. The van der Waals surface area contributed by atoms with Gasteiger partial charge in [-0.2, -0.15) is 58.8 Å². The summed E-state index contributed by atoms with van der Waals surface area (Å²) >= 11 is 13.9. The van der Waals surface area contributed by atoms with Gasteiger partial charge in [0.15, 0.2) is 0 Å². The van der Waals surface area contributed by atoms with Gasteiger partial charge >= 0.3 is 0 Å². The van der Waals surface area contributed by atoms with Crippen LogP contribution in [0.5, 0.6) is 0 Å². The summed E-state index contributed by atoms with van der Waals surface area (Å²) < 4.78 is 45.1. The largest absolute Gasteiger partial charge is 0.387 e. The third-order valence-corrected chi connectivity index (χ3v) is 46.5. The normalized spacial score (nSPS) is 46.3. The number of carbonyl (C=O) groups is 5. The first kappa shape index (κ1) is 105. The summed E-state index contributed by atoms with van der Waals surface area (Å²) in [5.74, 6) is 30.2. The molecule has 35 atom stereocenters. The van der Waals surface area contributed by atoms with E-state index in [1.807, 2.05) is 25.0 Å². The van der Waals surface area contributed by atoms with Gasteiger partial charge in [-0.05, 0) is 439 Å². The van der Waals surface area contributed by atoms with E-state index in [2.05, 4.69) is 94.4 Å². The highest BCUT2D eigenvalue weighted by atomic mass is 35.5. The molecule has 16 fully saturated rings. The van der Waals surface area contributed by atoms with Gasteiger partial charge in [-0.15, -0.1) is 0 Å². The molecular formula is C116H168ClF3O11S5. The Labute approximate surface area is 841 Å². The number of carbonyl (C=O) groups excluding carboxylic acids is 5. The van der Waals surface area contributed by atoms with Crippen LogP contribution in [-0.4, -0.2) is 169 Å². The highest BCUT2D eigenvalue weighted by Crippen LogP contribution is 2.71. The van der Waals surface area contributed by atoms with Crippen molar-refractivity contribution in [3.8, 4) is 23.1 Å². The van der Waals surface area contributed by atoms with E-state index in [4.69, 9.17) is 16.3 Å². The molecule has 0 saturated heterocycles. The van der Waals surface area contributed by atoms with Crippen molar-refractivity contribution >= 4 is 99.3 Å². The minimum atomic E-state index is -2.66. The van der Waals surface area contributed by atoms with Gasteiger partial charge in [-0.25, -0.2) is 13.2 Å². The van der Waals surface area contributed by atoms with Crippen molar-refractivity contribution in [1.29, 1.82) is 0 Å². The molecule has 0 bridgehead atoms. The number of rotatable bonds is 19. The molecule has 0 aromatic heterocycles. The number of hydrogen-bond donors (Lipinski definition) is 5. The molecule has 0 spiro atoms. The summed E-state index contributed by atoms with van der Waals surface area (Å²) in [6.45, 7) is 11.9. The Balaban J connectivity index is 0.000000118. The summed E-state index contributed by atoms with van der Waals surface area (Å²) in [6.07, 6.45) is 61.7. The summed E-state index contributed by atoms with van der Waals surface area (Å²) in [4.78, 5) is 63.7. The Hall–Kier alpha value is -2.24. The third-order valence-electron chi connectivity index (χ3n) is 43.5. The van der Waals surface area contributed by atoms with Gasteiger partial charge in [0.25, 0.3) is 6.43 Å². The van der Waals surface area contributed by atoms with Gasteiger partial charge in [0.05, 0.1) is 46.6 Å². The number of methoxy groups -OCH3 is 1. The molecule has 20 heteroatoms. The second kappa shape index (κ2) is 42.5. The lowest BCUT2D eigenvalue weighted by Gasteiger charge is -2.54. The molecule has 5 N–H and O–H groups in total. The highest BCUT2D eigenvalue weighted by Gasteiger charge is 2.65. The highest BCUT2D eigenvalue weighted by molar-refractivity contribution is 8.00. The molecule has 11 nitrogen and oxygen atoms in total. The first-order chi connectivity index (χ1) is 65.0.